The Balaban J connectivity index is 2.51. The lowest BCUT2D eigenvalue weighted by molar-refractivity contribution is 0.170. The fraction of sp³-hybridized carbons (Fsp3) is 0.615. The molecule has 0 aliphatic heterocycles. The first kappa shape index (κ1) is 14.6. The highest BCUT2D eigenvalue weighted by atomic mass is 16.5. The van der Waals surface area contributed by atoms with E-state index in [1.54, 1.807) is 19.2 Å². The maximum absolute atomic E-state index is 5.79. The van der Waals surface area contributed by atoms with Crippen LogP contribution in [0.3, 0.4) is 0 Å². The van der Waals surface area contributed by atoms with Gasteiger partial charge in [-0.15, -0.1) is 0 Å². The highest BCUT2D eigenvalue weighted by Gasteiger charge is 2.06. The van der Waals surface area contributed by atoms with Gasteiger partial charge in [0, 0.05) is 26.2 Å². The molecule has 5 nitrogen and oxygen atoms in total. The summed E-state index contributed by atoms with van der Waals surface area (Å²) in [6.45, 7) is 5.97. The first-order chi connectivity index (χ1) is 8.63. The van der Waals surface area contributed by atoms with Gasteiger partial charge < -0.3 is 19.9 Å². The van der Waals surface area contributed by atoms with Crippen LogP contribution in [0, 0.1) is 5.92 Å². The molecule has 0 fully saturated rings. The molecule has 2 N–H and O–H groups in total. The Kier molecular flexibility index (Phi) is 6.28. The summed E-state index contributed by atoms with van der Waals surface area (Å²) in [5, 5.41) is 0. The number of anilines is 1. The predicted octanol–water partition coefficient (Wildman–Crippen LogP) is 2.11. The van der Waals surface area contributed by atoms with Crippen molar-refractivity contribution in [2.75, 3.05) is 32.7 Å². The number of rotatable bonds is 8. The van der Waals surface area contributed by atoms with Crippen LogP contribution in [0.5, 0.6) is 11.8 Å². The predicted molar refractivity (Wildman–Crippen MR) is 71.0 cm³/mol. The number of methoxy groups -OCH3 is 1. The van der Waals surface area contributed by atoms with Crippen LogP contribution in [-0.2, 0) is 4.74 Å². The van der Waals surface area contributed by atoms with E-state index >= 15 is 0 Å². The highest BCUT2D eigenvalue weighted by Crippen LogP contribution is 2.22. The van der Waals surface area contributed by atoms with E-state index in [1.807, 2.05) is 0 Å². The third kappa shape index (κ3) is 5.23. The third-order valence-electron chi connectivity index (χ3n) is 2.16. The lowest BCUT2D eigenvalue weighted by Crippen LogP contribution is -2.09. The Morgan fingerprint density at radius 1 is 1.22 bits per heavy atom. The average Bonchev–Trinajstić information content (AvgIpc) is 2.34. The summed E-state index contributed by atoms with van der Waals surface area (Å²) in [7, 11) is 1.67. The minimum atomic E-state index is 0.428. The molecule has 102 valence electrons. The normalized spacial score (nSPS) is 10.7. The van der Waals surface area contributed by atoms with Gasteiger partial charge in [0.15, 0.2) is 0 Å². The van der Waals surface area contributed by atoms with Gasteiger partial charge in [-0.1, -0.05) is 13.8 Å². The molecule has 0 aromatic carbocycles. The Labute approximate surface area is 108 Å². The average molecular weight is 254 g/mol. The first-order valence-corrected chi connectivity index (χ1v) is 6.14. The Morgan fingerprint density at radius 2 is 2.00 bits per heavy atom. The van der Waals surface area contributed by atoms with Gasteiger partial charge in [-0.2, -0.15) is 4.98 Å². The molecule has 1 aromatic rings. The molecule has 0 spiro atoms. The van der Waals surface area contributed by atoms with E-state index in [2.05, 4.69) is 18.8 Å². The number of hydrogen-bond donors (Lipinski definition) is 1. The molecule has 1 rings (SSSR count). The number of nitrogen functional groups attached to an aromatic ring is 1. The van der Waals surface area contributed by atoms with E-state index in [0.29, 0.717) is 43.2 Å². The Hall–Kier alpha value is -1.49. The van der Waals surface area contributed by atoms with Crippen molar-refractivity contribution in [3.63, 3.8) is 0 Å². The smallest absolute Gasteiger partial charge is 0.240 e. The van der Waals surface area contributed by atoms with E-state index in [1.165, 1.54) is 0 Å². The molecule has 0 saturated carbocycles. The zero-order valence-electron chi connectivity index (χ0n) is 11.3. The minimum Gasteiger partial charge on any atom is -0.477 e. The summed E-state index contributed by atoms with van der Waals surface area (Å²) in [4.78, 5) is 4.23. The minimum absolute atomic E-state index is 0.428. The van der Waals surface area contributed by atoms with Crippen LogP contribution in [0.15, 0.2) is 12.1 Å². The second kappa shape index (κ2) is 7.76. The van der Waals surface area contributed by atoms with Crippen molar-refractivity contribution in [1.82, 2.24) is 4.98 Å². The van der Waals surface area contributed by atoms with Crippen LogP contribution >= 0.6 is 0 Å². The van der Waals surface area contributed by atoms with E-state index < -0.39 is 0 Å². The van der Waals surface area contributed by atoms with Crippen molar-refractivity contribution in [1.29, 1.82) is 0 Å². The SMILES string of the molecule is COCCCOc1ccc(N)c(OCC(C)C)n1. The van der Waals surface area contributed by atoms with Gasteiger partial charge in [0.1, 0.15) is 0 Å². The first-order valence-electron chi connectivity index (χ1n) is 6.14. The standard InChI is InChI=1S/C13H22N2O3/c1-10(2)9-18-13-11(14)5-6-12(15-13)17-8-4-7-16-3/h5-6,10H,4,7-9,14H2,1-3H3. The second-order valence-electron chi connectivity index (χ2n) is 4.44. The lowest BCUT2D eigenvalue weighted by atomic mass is 10.2. The molecule has 1 aromatic heterocycles. The van der Waals surface area contributed by atoms with E-state index in [0.717, 1.165) is 6.42 Å². The molecule has 0 bridgehead atoms. The molecule has 1 heterocycles. The van der Waals surface area contributed by atoms with Crippen molar-refractivity contribution >= 4 is 5.69 Å². The molecule has 0 unspecified atom stereocenters. The zero-order valence-corrected chi connectivity index (χ0v) is 11.3. The number of aromatic nitrogens is 1. The van der Waals surface area contributed by atoms with Crippen molar-refractivity contribution in [3.05, 3.63) is 12.1 Å². The van der Waals surface area contributed by atoms with Gasteiger partial charge in [-0.05, 0) is 12.0 Å². The van der Waals surface area contributed by atoms with Crippen molar-refractivity contribution in [2.45, 2.75) is 20.3 Å². The van der Waals surface area contributed by atoms with Crippen LogP contribution in [0.25, 0.3) is 0 Å². The molecule has 5 heteroatoms. The largest absolute Gasteiger partial charge is 0.477 e. The molecule has 0 amide bonds. The summed E-state index contributed by atoms with van der Waals surface area (Å²) in [6, 6.07) is 3.48. The number of nitrogens with two attached hydrogens (primary N) is 1. The van der Waals surface area contributed by atoms with E-state index in [9.17, 15) is 0 Å². The van der Waals surface area contributed by atoms with Gasteiger partial charge in [0.2, 0.25) is 11.8 Å². The third-order valence-corrected chi connectivity index (χ3v) is 2.16. The summed E-state index contributed by atoms with van der Waals surface area (Å²) in [5.41, 5.74) is 6.32. The summed E-state index contributed by atoms with van der Waals surface area (Å²) in [6.07, 6.45) is 0.824. The molecular formula is C13H22N2O3. The maximum atomic E-state index is 5.79. The van der Waals surface area contributed by atoms with Gasteiger partial charge in [-0.3, -0.25) is 0 Å². The maximum Gasteiger partial charge on any atom is 0.240 e. The van der Waals surface area contributed by atoms with Crippen molar-refractivity contribution < 1.29 is 14.2 Å². The topological polar surface area (TPSA) is 66.6 Å². The van der Waals surface area contributed by atoms with Gasteiger partial charge >= 0.3 is 0 Å². The summed E-state index contributed by atoms with van der Waals surface area (Å²) in [5.74, 6) is 1.39. The highest BCUT2D eigenvalue weighted by molar-refractivity contribution is 5.49. The molecule has 0 atom stereocenters. The van der Waals surface area contributed by atoms with Gasteiger partial charge in [0.05, 0.1) is 18.9 Å². The summed E-state index contributed by atoms with van der Waals surface area (Å²) < 4.78 is 16.0. The molecule has 0 aliphatic rings. The molecular weight excluding hydrogens is 232 g/mol. The fourth-order valence-corrected chi connectivity index (χ4v) is 1.26. The lowest BCUT2D eigenvalue weighted by Gasteiger charge is -2.11. The monoisotopic (exact) mass is 254 g/mol. The fourth-order valence-electron chi connectivity index (χ4n) is 1.26. The van der Waals surface area contributed by atoms with Crippen LogP contribution in [-0.4, -0.2) is 31.9 Å². The molecule has 0 saturated heterocycles. The van der Waals surface area contributed by atoms with Crippen molar-refractivity contribution in [2.24, 2.45) is 5.92 Å². The number of nitrogens with zero attached hydrogens (tertiary/aromatic N) is 1. The van der Waals surface area contributed by atoms with E-state index in [4.69, 9.17) is 19.9 Å². The number of hydrogen-bond acceptors (Lipinski definition) is 5. The van der Waals surface area contributed by atoms with Crippen LogP contribution in [0.4, 0.5) is 5.69 Å². The number of pyridine rings is 1. The number of ether oxygens (including phenoxy) is 3. The van der Waals surface area contributed by atoms with Crippen molar-refractivity contribution in [3.8, 4) is 11.8 Å². The van der Waals surface area contributed by atoms with Crippen LogP contribution in [0.1, 0.15) is 20.3 Å². The zero-order chi connectivity index (χ0) is 13.4. The van der Waals surface area contributed by atoms with Gasteiger partial charge in [0.25, 0.3) is 0 Å². The molecule has 18 heavy (non-hydrogen) atoms. The van der Waals surface area contributed by atoms with Crippen LogP contribution < -0.4 is 15.2 Å². The quantitative estimate of drug-likeness (QED) is 0.720. The van der Waals surface area contributed by atoms with Gasteiger partial charge in [-0.25, -0.2) is 0 Å². The van der Waals surface area contributed by atoms with E-state index in [-0.39, 0.29) is 0 Å². The Bertz CT molecular complexity index is 356. The molecule has 0 aliphatic carbocycles. The second-order valence-corrected chi connectivity index (χ2v) is 4.44. The molecule has 0 radical (unpaired) electrons. The summed E-state index contributed by atoms with van der Waals surface area (Å²) >= 11 is 0. The Morgan fingerprint density at radius 3 is 2.67 bits per heavy atom. The van der Waals surface area contributed by atoms with Crippen LogP contribution in [0.2, 0.25) is 0 Å².